The van der Waals surface area contributed by atoms with Crippen LogP contribution in [0.1, 0.15) is 26.3 Å². The Morgan fingerprint density at radius 3 is 2.61 bits per heavy atom. The van der Waals surface area contributed by atoms with Crippen molar-refractivity contribution in [1.82, 2.24) is 10.3 Å². The van der Waals surface area contributed by atoms with Crippen LogP contribution in [-0.2, 0) is 0 Å². The fourth-order valence-corrected chi connectivity index (χ4v) is 2.19. The molecule has 0 saturated heterocycles. The van der Waals surface area contributed by atoms with Gasteiger partial charge in [-0.05, 0) is 50.7 Å². The van der Waals surface area contributed by atoms with Crippen LogP contribution in [0.4, 0.5) is 0 Å². The van der Waals surface area contributed by atoms with Gasteiger partial charge in [-0.15, -0.1) is 0 Å². The maximum Gasteiger partial charge on any atom is 0.189 e. The molecule has 0 saturated carbocycles. The third kappa shape index (κ3) is 4.38. The van der Waals surface area contributed by atoms with E-state index in [1.807, 2.05) is 36.1 Å². The number of nitrogens with zero attached hydrogens (tertiary/aromatic N) is 2. The van der Waals surface area contributed by atoms with Crippen molar-refractivity contribution in [3.63, 3.8) is 0 Å². The van der Waals surface area contributed by atoms with Gasteiger partial charge in [0.1, 0.15) is 0 Å². The van der Waals surface area contributed by atoms with Crippen LogP contribution in [0, 0.1) is 0 Å². The number of rotatable bonds is 4. The Morgan fingerprint density at radius 2 is 2.06 bits per heavy atom. The fraction of sp³-hybridized carbons (Fsp3) is 0.385. The molecule has 0 aliphatic carbocycles. The number of benzene rings is 1. The summed E-state index contributed by atoms with van der Waals surface area (Å²) in [6.07, 6.45) is 0. The van der Waals surface area contributed by atoms with E-state index in [0.717, 1.165) is 28.8 Å². The average molecular weight is 328 g/mol. The van der Waals surface area contributed by atoms with Gasteiger partial charge in [0.25, 0.3) is 0 Å². The summed E-state index contributed by atoms with van der Waals surface area (Å²) in [6.45, 7) is 7.87. The van der Waals surface area contributed by atoms with Crippen LogP contribution in [0.25, 0.3) is 0 Å². The lowest BCUT2D eigenvalue weighted by Gasteiger charge is -2.20. The van der Waals surface area contributed by atoms with Crippen LogP contribution in [-0.4, -0.2) is 28.8 Å². The Kier molecular flexibility index (Phi) is 6.29. The Hall–Kier alpha value is -0.940. The minimum Gasteiger partial charge on any atom is -0.348 e. The van der Waals surface area contributed by atoms with E-state index in [1.165, 1.54) is 0 Å². The molecule has 0 aliphatic heterocycles. The number of hydrazone groups is 1. The SMILES string of the molecule is CCN(CC)C(=S)N/N=C(\C)c1cccc(Br)c1. The molecule has 0 heterocycles. The minimum absolute atomic E-state index is 0.661. The number of halogens is 1. The first-order chi connectivity index (χ1) is 8.58. The minimum atomic E-state index is 0.661. The van der Waals surface area contributed by atoms with E-state index in [2.05, 4.69) is 40.3 Å². The molecular formula is C13H18BrN3S. The highest BCUT2D eigenvalue weighted by atomic mass is 79.9. The highest BCUT2D eigenvalue weighted by Gasteiger charge is 2.04. The zero-order chi connectivity index (χ0) is 13.5. The number of thiocarbonyl (C=S) groups is 1. The predicted molar refractivity (Wildman–Crippen MR) is 85.0 cm³/mol. The standard InChI is InChI=1S/C13H18BrN3S/c1-4-17(5-2)13(18)16-15-10(3)11-7-6-8-12(14)9-11/h6-9H,4-5H2,1-3H3,(H,16,18)/b15-10+. The molecule has 0 amide bonds. The number of nitrogens with one attached hydrogen (secondary N) is 1. The third-order valence-electron chi connectivity index (χ3n) is 2.61. The van der Waals surface area contributed by atoms with Gasteiger partial charge in [-0.25, -0.2) is 0 Å². The van der Waals surface area contributed by atoms with E-state index >= 15 is 0 Å². The Morgan fingerprint density at radius 1 is 1.39 bits per heavy atom. The topological polar surface area (TPSA) is 27.6 Å². The molecule has 0 bridgehead atoms. The van der Waals surface area contributed by atoms with Gasteiger partial charge in [-0.3, -0.25) is 5.43 Å². The van der Waals surface area contributed by atoms with E-state index in [0.29, 0.717) is 5.11 Å². The Balaban J connectivity index is 2.70. The first kappa shape index (κ1) is 15.1. The van der Waals surface area contributed by atoms with Gasteiger partial charge < -0.3 is 4.90 Å². The van der Waals surface area contributed by atoms with Gasteiger partial charge in [-0.2, -0.15) is 5.10 Å². The highest BCUT2D eigenvalue weighted by molar-refractivity contribution is 9.10. The largest absolute Gasteiger partial charge is 0.348 e. The zero-order valence-electron chi connectivity index (χ0n) is 10.9. The number of hydrogen-bond acceptors (Lipinski definition) is 2. The molecule has 1 N–H and O–H groups in total. The molecule has 3 nitrogen and oxygen atoms in total. The molecule has 5 heteroatoms. The summed E-state index contributed by atoms with van der Waals surface area (Å²) in [7, 11) is 0. The van der Waals surface area contributed by atoms with E-state index in [9.17, 15) is 0 Å². The quantitative estimate of drug-likeness (QED) is 0.522. The van der Waals surface area contributed by atoms with Gasteiger partial charge in [0.15, 0.2) is 5.11 Å². The summed E-state index contributed by atoms with van der Waals surface area (Å²) in [6, 6.07) is 8.03. The molecule has 0 aliphatic rings. The Bertz CT molecular complexity index is 442. The molecule has 0 spiro atoms. The van der Waals surface area contributed by atoms with Crippen LogP contribution in [0.15, 0.2) is 33.8 Å². The van der Waals surface area contributed by atoms with Crippen molar-refractivity contribution < 1.29 is 0 Å². The van der Waals surface area contributed by atoms with Crippen LogP contribution in [0.2, 0.25) is 0 Å². The molecule has 0 unspecified atom stereocenters. The third-order valence-corrected chi connectivity index (χ3v) is 3.46. The van der Waals surface area contributed by atoms with Gasteiger partial charge in [0.05, 0.1) is 5.71 Å². The lowest BCUT2D eigenvalue weighted by atomic mass is 10.1. The predicted octanol–water partition coefficient (Wildman–Crippen LogP) is 3.39. The summed E-state index contributed by atoms with van der Waals surface area (Å²) >= 11 is 8.71. The molecule has 0 aromatic heterocycles. The van der Waals surface area contributed by atoms with Crippen LogP contribution in [0.5, 0.6) is 0 Å². The first-order valence-corrected chi connectivity index (χ1v) is 7.13. The summed E-state index contributed by atoms with van der Waals surface area (Å²) in [4.78, 5) is 2.05. The van der Waals surface area contributed by atoms with E-state index in [4.69, 9.17) is 12.2 Å². The van der Waals surface area contributed by atoms with E-state index in [1.54, 1.807) is 0 Å². The van der Waals surface area contributed by atoms with Crippen LogP contribution < -0.4 is 5.43 Å². The maximum atomic E-state index is 5.27. The van der Waals surface area contributed by atoms with Gasteiger partial charge >= 0.3 is 0 Å². The molecule has 1 aromatic carbocycles. The van der Waals surface area contributed by atoms with E-state index in [-0.39, 0.29) is 0 Å². The van der Waals surface area contributed by atoms with Gasteiger partial charge in [0, 0.05) is 17.6 Å². The molecule has 0 atom stereocenters. The lowest BCUT2D eigenvalue weighted by Crippen LogP contribution is -2.37. The summed E-state index contributed by atoms with van der Waals surface area (Å²) in [5.41, 5.74) is 4.91. The summed E-state index contributed by atoms with van der Waals surface area (Å²) in [5, 5.41) is 4.98. The summed E-state index contributed by atoms with van der Waals surface area (Å²) < 4.78 is 1.04. The molecule has 1 rings (SSSR count). The number of hydrogen-bond donors (Lipinski definition) is 1. The molecule has 0 radical (unpaired) electrons. The highest BCUT2D eigenvalue weighted by Crippen LogP contribution is 2.12. The second-order valence-corrected chi connectivity index (χ2v) is 5.10. The normalized spacial score (nSPS) is 11.2. The lowest BCUT2D eigenvalue weighted by molar-refractivity contribution is 0.458. The Labute approximate surface area is 122 Å². The summed E-state index contributed by atoms with van der Waals surface area (Å²) in [5.74, 6) is 0. The second-order valence-electron chi connectivity index (χ2n) is 3.80. The van der Waals surface area contributed by atoms with Crippen molar-refractivity contribution in [3.8, 4) is 0 Å². The molecular weight excluding hydrogens is 310 g/mol. The van der Waals surface area contributed by atoms with E-state index < -0.39 is 0 Å². The van der Waals surface area contributed by atoms with Gasteiger partial charge in [0.2, 0.25) is 0 Å². The van der Waals surface area contributed by atoms with Gasteiger partial charge in [-0.1, -0.05) is 28.1 Å². The molecule has 0 fully saturated rings. The van der Waals surface area contributed by atoms with Crippen molar-refractivity contribution in [3.05, 3.63) is 34.3 Å². The smallest absolute Gasteiger partial charge is 0.189 e. The van der Waals surface area contributed by atoms with Crippen LogP contribution in [0.3, 0.4) is 0 Å². The zero-order valence-corrected chi connectivity index (χ0v) is 13.3. The van der Waals surface area contributed by atoms with Crippen molar-refractivity contribution in [1.29, 1.82) is 0 Å². The molecule has 18 heavy (non-hydrogen) atoms. The van der Waals surface area contributed by atoms with Crippen molar-refractivity contribution in [2.24, 2.45) is 5.10 Å². The van der Waals surface area contributed by atoms with Crippen molar-refractivity contribution in [2.75, 3.05) is 13.1 Å². The molecule has 1 aromatic rings. The first-order valence-electron chi connectivity index (χ1n) is 5.93. The van der Waals surface area contributed by atoms with Crippen molar-refractivity contribution in [2.45, 2.75) is 20.8 Å². The maximum absolute atomic E-state index is 5.27. The average Bonchev–Trinajstić information content (AvgIpc) is 2.37. The fourth-order valence-electron chi connectivity index (χ4n) is 1.49. The van der Waals surface area contributed by atoms with Crippen molar-refractivity contribution >= 4 is 39.0 Å². The second kappa shape index (κ2) is 7.48. The molecule has 98 valence electrons. The monoisotopic (exact) mass is 327 g/mol. The van der Waals surface area contributed by atoms with Crippen LogP contribution >= 0.6 is 28.1 Å².